The Labute approximate surface area is 107 Å². The molecule has 0 spiro atoms. The predicted molar refractivity (Wildman–Crippen MR) is 74.0 cm³/mol. The van der Waals surface area contributed by atoms with Gasteiger partial charge in [-0.25, -0.2) is 0 Å². The molecule has 98 valence electrons. The van der Waals surface area contributed by atoms with Gasteiger partial charge in [-0.1, -0.05) is 11.6 Å². The minimum Gasteiger partial charge on any atom is -0.370 e. The Balaban J connectivity index is 2.29. The van der Waals surface area contributed by atoms with Crippen molar-refractivity contribution < 1.29 is 9.22 Å². The molecule has 1 heterocycles. The lowest BCUT2D eigenvalue weighted by Gasteiger charge is -2.37. The molecule has 0 bridgehead atoms. The first kappa shape index (κ1) is 14.5. The zero-order chi connectivity index (χ0) is 12.7. The molecule has 0 N–H and O–H groups in total. The minimum absolute atomic E-state index is 0.916. The third kappa shape index (κ3) is 6.04. The monoisotopic (exact) mass is 238 g/mol. The van der Waals surface area contributed by atoms with Crippen LogP contribution in [0.25, 0.3) is 0 Å². The zero-order valence-electron chi connectivity index (χ0n) is 11.8. The molecule has 0 aliphatic carbocycles. The topological polar surface area (TPSA) is 9.23 Å². The summed E-state index contributed by atoms with van der Waals surface area (Å²) in [5.41, 5.74) is 2.82. The number of rotatable bonds is 6. The number of hydrogen-bond donors (Lipinski definition) is 0. The number of hydrogen-bond acceptors (Lipinski definition) is 1. The normalized spacial score (nSPS) is 20.3. The molecular formula is C15H28NO+. The zero-order valence-corrected chi connectivity index (χ0v) is 11.8. The van der Waals surface area contributed by atoms with Gasteiger partial charge < -0.3 is 9.22 Å². The van der Waals surface area contributed by atoms with E-state index in [0.29, 0.717) is 0 Å². The minimum atomic E-state index is 0.916. The Morgan fingerprint density at radius 2 is 1.94 bits per heavy atom. The maximum absolute atomic E-state index is 5.43. The van der Waals surface area contributed by atoms with Gasteiger partial charge in [0, 0.05) is 0 Å². The van der Waals surface area contributed by atoms with Crippen LogP contribution >= 0.6 is 0 Å². The first-order valence-corrected chi connectivity index (χ1v) is 6.73. The van der Waals surface area contributed by atoms with E-state index in [0.717, 1.165) is 37.2 Å². The molecule has 1 fully saturated rings. The van der Waals surface area contributed by atoms with Gasteiger partial charge in [0.2, 0.25) is 0 Å². The molecular weight excluding hydrogens is 210 g/mol. The number of morpholine rings is 1. The molecule has 1 rings (SSSR count). The number of quaternary nitrogens is 1. The van der Waals surface area contributed by atoms with Crippen LogP contribution in [0.15, 0.2) is 23.8 Å². The molecule has 0 saturated carbocycles. The summed E-state index contributed by atoms with van der Waals surface area (Å²) in [5.74, 6) is 0. The standard InChI is InChI=1S/C15H28NO/c1-14(2)7-5-6-8-15(3)13-16(4)9-11-17-12-10-16/h8H,1,5-7,9-13H2,2-4H3/q+1/b15-8+. The molecule has 0 aromatic carbocycles. The molecule has 0 radical (unpaired) electrons. The fourth-order valence-electron chi connectivity index (χ4n) is 2.36. The van der Waals surface area contributed by atoms with Gasteiger partial charge in [-0.2, -0.15) is 0 Å². The Kier molecular flexibility index (Phi) is 5.93. The van der Waals surface area contributed by atoms with Gasteiger partial charge in [-0.05, 0) is 38.7 Å². The Morgan fingerprint density at radius 3 is 2.53 bits per heavy atom. The van der Waals surface area contributed by atoms with Crippen molar-refractivity contribution >= 4 is 0 Å². The van der Waals surface area contributed by atoms with E-state index in [2.05, 4.69) is 33.6 Å². The van der Waals surface area contributed by atoms with Gasteiger partial charge in [0.25, 0.3) is 0 Å². The maximum atomic E-state index is 5.43. The fraction of sp³-hybridized carbons (Fsp3) is 0.733. The number of ether oxygens (including phenoxy) is 1. The fourth-order valence-corrected chi connectivity index (χ4v) is 2.36. The molecule has 0 aromatic heterocycles. The van der Waals surface area contributed by atoms with Crippen LogP contribution in [0.2, 0.25) is 0 Å². The van der Waals surface area contributed by atoms with E-state index in [1.54, 1.807) is 0 Å². The Morgan fingerprint density at radius 1 is 1.29 bits per heavy atom. The number of nitrogens with zero attached hydrogens (tertiary/aromatic N) is 1. The summed E-state index contributed by atoms with van der Waals surface area (Å²) >= 11 is 0. The van der Waals surface area contributed by atoms with Crippen molar-refractivity contribution in [2.45, 2.75) is 33.1 Å². The van der Waals surface area contributed by atoms with Crippen LogP contribution < -0.4 is 0 Å². The van der Waals surface area contributed by atoms with Crippen molar-refractivity contribution in [3.63, 3.8) is 0 Å². The summed E-state index contributed by atoms with van der Waals surface area (Å²) in [6, 6.07) is 0. The molecule has 0 amide bonds. The lowest BCUT2D eigenvalue weighted by Crippen LogP contribution is -2.52. The summed E-state index contributed by atoms with van der Waals surface area (Å²) in [6.07, 6.45) is 5.99. The SMILES string of the molecule is C=C(C)CCC/C=C(\C)C[N+]1(C)CCOCC1. The third-order valence-electron chi connectivity index (χ3n) is 3.48. The van der Waals surface area contributed by atoms with E-state index in [1.165, 1.54) is 30.5 Å². The van der Waals surface area contributed by atoms with E-state index in [-0.39, 0.29) is 0 Å². The molecule has 0 aromatic rings. The largest absolute Gasteiger partial charge is 0.370 e. The van der Waals surface area contributed by atoms with Gasteiger partial charge in [0.05, 0.1) is 26.8 Å². The smallest absolute Gasteiger partial charge is 0.103 e. The number of allylic oxidation sites excluding steroid dienone is 2. The lowest BCUT2D eigenvalue weighted by molar-refractivity contribution is -0.912. The Hall–Kier alpha value is -0.600. The summed E-state index contributed by atoms with van der Waals surface area (Å²) in [6.45, 7) is 13.6. The highest BCUT2D eigenvalue weighted by atomic mass is 16.5. The van der Waals surface area contributed by atoms with E-state index >= 15 is 0 Å². The van der Waals surface area contributed by atoms with Crippen molar-refractivity contribution in [3.05, 3.63) is 23.8 Å². The highest BCUT2D eigenvalue weighted by Gasteiger charge is 2.24. The van der Waals surface area contributed by atoms with Gasteiger partial charge in [0.1, 0.15) is 13.1 Å². The van der Waals surface area contributed by atoms with Crippen molar-refractivity contribution in [1.29, 1.82) is 0 Å². The molecule has 0 atom stereocenters. The average Bonchev–Trinajstić information content (AvgIpc) is 2.24. The van der Waals surface area contributed by atoms with Crippen LogP contribution in [0.4, 0.5) is 0 Å². The van der Waals surface area contributed by atoms with Crippen molar-refractivity contribution in [3.8, 4) is 0 Å². The highest BCUT2D eigenvalue weighted by Crippen LogP contribution is 2.13. The van der Waals surface area contributed by atoms with Crippen LogP contribution in [-0.4, -0.2) is 44.4 Å². The molecule has 1 saturated heterocycles. The first-order valence-electron chi connectivity index (χ1n) is 6.73. The van der Waals surface area contributed by atoms with Gasteiger partial charge in [-0.3, -0.25) is 0 Å². The van der Waals surface area contributed by atoms with Crippen molar-refractivity contribution in [1.82, 2.24) is 0 Å². The summed E-state index contributed by atoms with van der Waals surface area (Å²) in [5, 5.41) is 0. The van der Waals surface area contributed by atoms with Crippen molar-refractivity contribution in [2.24, 2.45) is 0 Å². The maximum Gasteiger partial charge on any atom is 0.103 e. The molecule has 2 nitrogen and oxygen atoms in total. The number of unbranched alkanes of at least 4 members (excludes halogenated alkanes) is 1. The van der Waals surface area contributed by atoms with Crippen molar-refractivity contribution in [2.75, 3.05) is 39.9 Å². The second kappa shape index (κ2) is 6.97. The van der Waals surface area contributed by atoms with Crippen LogP contribution in [0.5, 0.6) is 0 Å². The molecule has 17 heavy (non-hydrogen) atoms. The van der Waals surface area contributed by atoms with Gasteiger partial charge in [0.15, 0.2) is 0 Å². The molecule has 0 unspecified atom stereocenters. The first-order chi connectivity index (χ1) is 8.02. The molecule has 1 aliphatic rings. The van der Waals surface area contributed by atoms with Crippen LogP contribution in [-0.2, 0) is 4.74 Å². The summed E-state index contributed by atoms with van der Waals surface area (Å²) < 4.78 is 6.57. The predicted octanol–water partition coefficient (Wildman–Crippen LogP) is 3.16. The number of likely N-dealkylation sites (N-methyl/N-ethyl adjacent to an activating group) is 1. The lowest BCUT2D eigenvalue weighted by atomic mass is 10.1. The highest BCUT2D eigenvalue weighted by molar-refractivity contribution is 4.99. The summed E-state index contributed by atoms with van der Waals surface area (Å²) in [7, 11) is 2.34. The van der Waals surface area contributed by atoms with E-state index in [4.69, 9.17) is 4.74 Å². The molecule has 1 aliphatic heterocycles. The van der Waals surface area contributed by atoms with E-state index in [9.17, 15) is 0 Å². The van der Waals surface area contributed by atoms with E-state index in [1.807, 2.05) is 0 Å². The van der Waals surface area contributed by atoms with Gasteiger partial charge in [-0.15, -0.1) is 6.58 Å². The van der Waals surface area contributed by atoms with E-state index < -0.39 is 0 Å². The average molecular weight is 238 g/mol. The molecule has 2 heteroatoms. The van der Waals surface area contributed by atoms with Gasteiger partial charge >= 0.3 is 0 Å². The quantitative estimate of drug-likeness (QED) is 0.392. The van der Waals surface area contributed by atoms with Crippen LogP contribution in [0, 0.1) is 0 Å². The third-order valence-corrected chi connectivity index (χ3v) is 3.48. The second-order valence-corrected chi connectivity index (χ2v) is 5.74. The van der Waals surface area contributed by atoms with Crippen LogP contribution in [0.1, 0.15) is 33.1 Å². The summed E-state index contributed by atoms with van der Waals surface area (Å²) in [4.78, 5) is 0. The Bertz CT molecular complexity index is 275. The van der Waals surface area contributed by atoms with Crippen LogP contribution in [0.3, 0.4) is 0 Å². The second-order valence-electron chi connectivity index (χ2n) is 5.74.